The minimum absolute atomic E-state index is 0.0677. The van der Waals surface area contributed by atoms with Crippen LogP contribution in [0.2, 0.25) is 0 Å². The van der Waals surface area contributed by atoms with Gasteiger partial charge in [0.05, 0.1) is 0 Å². The van der Waals surface area contributed by atoms with Gasteiger partial charge in [0.1, 0.15) is 0 Å². The van der Waals surface area contributed by atoms with Gasteiger partial charge in [-0.15, -0.1) is 0 Å². The fourth-order valence-electron chi connectivity index (χ4n) is 3.10. The van der Waals surface area contributed by atoms with E-state index >= 15 is 0 Å². The molecule has 4 heteroatoms. The van der Waals surface area contributed by atoms with E-state index in [9.17, 15) is 9.59 Å². The van der Waals surface area contributed by atoms with Crippen LogP contribution in [0.3, 0.4) is 0 Å². The number of carbonyl (C=O) groups excluding carboxylic acids is 2. The normalized spacial score (nSPS) is 14.6. The van der Waals surface area contributed by atoms with E-state index in [1.165, 1.54) is 12.8 Å². The van der Waals surface area contributed by atoms with Crippen molar-refractivity contribution >= 4 is 11.8 Å². The second kappa shape index (κ2) is 8.47. The van der Waals surface area contributed by atoms with E-state index in [4.69, 9.17) is 0 Å². The summed E-state index contributed by atoms with van der Waals surface area (Å²) in [5.74, 6) is -0.0595. The smallest absolute Gasteiger partial charge is 0.253 e. The maximum Gasteiger partial charge on any atom is 0.253 e. The summed E-state index contributed by atoms with van der Waals surface area (Å²) in [5, 5.41) is 2.90. The molecule has 3 rings (SSSR count). The molecule has 0 unspecified atom stereocenters. The van der Waals surface area contributed by atoms with Crippen molar-refractivity contribution in [1.82, 2.24) is 10.2 Å². The molecule has 0 saturated carbocycles. The quantitative estimate of drug-likeness (QED) is 0.927. The minimum Gasteiger partial charge on any atom is -0.348 e. The number of benzene rings is 2. The van der Waals surface area contributed by atoms with Crippen LogP contribution in [0.5, 0.6) is 0 Å². The molecular weight excluding hydrogens is 312 g/mol. The lowest BCUT2D eigenvalue weighted by Crippen LogP contribution is -2.31. The van der Waals surface area contributed by atoms with E-state index in [-0.39, 0.29) is 11.8 Å². The zero-order valence-corrected chi connectivity index (χ0v) is 14.4. The molecule has 1 saturated heterocycles. The lowest BCUT2D eigenvalue weighted by Gasteiger charge is -2.20. The fraction of sp³-hybridized carbons (Fsp3) is 0.333. The first-order valence-electron chi connectivity index (χ1n) is 8.95. The van der Waals surface area contributed by atoms with E-state index in [0.29, 0.717) is 17.7 Å². The summed E-state index contributed by atoms with van der Waals surface area (Å²) < 4.78 is 0. The molecule has 1 fully saturated rings. The van der Waals surface area contributed by atoms with Crippen molar-refractivity contribution in [3.05, 3.63) is 71.3 Å². The van der Waals surface area contributed by atoms with E-state index in [2.05, 4.69) is 5.32 Å². The Morgan fingerprint density at radius 3 is 2.04 bits per heavy atom. The highest BCUT2D eigenvalue weighted by Gasteiger charge is 2.17. The van der Waals surface area contributed by atoms with Crippen LogP contribution in [-0.2, 0) is 6.54 Å². The van der Waals surface area contributed by atoms with Crippen LogP contribution < -0.4 is 5.32 Å². The van der Waals surface area contributed by atoms with Crippen LogP contribution in [0.1, 0.15) is 52.0 Å². The Bertz CT molecular complexity index is 702. The third kappa shape index (κ3) is 4.69. The molecule has 4 nitrogen and oxygen atoms in total. The summed E-state index contributed by atoms with van der Waals surface area (Å²) in [4.78, 5) is 26.7. The maximum absolute atomic E-state index is 12.6. The highest BCUT2D eigenvalue weighted by molar-refractivity contribution is 5.97. The highest BCUT2D eigenvalue weighted by Crippen LogP contribution is 2.14. The molecule has 0 bridgehead atoms. The van der Waals surface area contributed by atoms with Gasteiger partial charge in [0, 0.05) is 30.8 Å². The minimum atomic E-state index is -0.127. The number of carbonyl (C=O) groups is 2. The molecule has 0 aliphatic carbocycles. The molecule has 1 N–H and O–H groups in total. The van der Waals surface area contributed by atoms with Crippen molar-refractivity contribution < 1.29 is 9.59 Å². The second-order valence-corrected chi connectivity index (χ2v) is 6.45. The van der Waals surface area contributed by atoms with Gasteiger partial charge in [-0.05, 0) is 42.7 Å². The van der Waals surface area contributed by atoms with Crippen molar-refractivity contribution in [2.75, 3.05) is 13.1 Å². The molecule has 0 radical (unpaired) electrons. The van der Waals surface area contributed by atoms with Gasteiger partial charge in [-0.1, -0.05) is 43.2 Å². The van der Waals surface area contributed by atoms with Crippen LogP contribution >= 0.6 is 0 Å². The van der Waals surface area contributed by atoms with Gasteiger partial charge in [-0.2, -0.15) is 0 Å². The van der Waals surface area contributed by atoms with Crippen molar-refractivity contribution in [2.45, 2.75) is 32.2 Å². The van der Waals surface area contributed by atoms with Crippen molar-refractivity contribution in [3.8, 4) is 0 Å². The Morgan fingerprint density at radius 1 is 0.800 bits per heavy atom. The van der Waals surface area contributed by atoms with Gasteiger partial charge in [0.15, 0.2) is 0 Å². The first-order chi connectivity index (χ1) is 12.2. The Labute approximate surface area is 148 Å². The molecule has 130 valence electrons. The summed E-state index contributed by atoms with van der Waals surface area (Å²) in [7, 11) is 0. The van der Waals surface area contributed by atoms with Gasteiger partial charge in [0.25, 0.3) is 11.8 Å². The van der Waals surface area contributed by atoms with Crippen LogP contribution in [0.4, 0.5) is 0 Å². The summed E-state index contributed by atoms with van der Waals surface area (Å²) in [6, 6.07) is 16.8. The molecular formula is C21H24N2O2. The van der Waals surface area contributed by atoms with Crippen LogP contribution in [0.25, 0.3) is 0 Å². The second-order valence-electron chi connectivity index (χ2n) is 6.45. The Hall–Kier alpha value is -2.62. The predicted octanol–water partition coefficient (Wildman–Crippen LogP) is 3.63. The first kappa shape index (κ1) is 17.2. The highest BCUT2D eigenvalue weighted by atomic mass is 16.2. The number of hydrogen-bond donors (Lipinski definition) is 1. The number of hydrogen-bond acceptors (Lipinski definition) is 2. The molecule has 25 heavy (non-hydrogen) atoms. The monoisotopic (exact) mass is 336 g/mol. The average molecular weight is 336 g/mol. The largest absolute Gasteiger partial charge is 0.348 e. The van der Waals surface area contributed by atoms with Crippen molar-refractivity contribution in [3.63, 3.8) is 0 Å². The molecule has 0 aromatic heterocycles. The topological polar surface area (TPSA) is 49.4 Å². The standard InChI is InChI=1S/C21H24N2O2/c24-20(22-16-17-8-4-3-5-9-17)18-10-12-19(13-11-18)21(25)23-14-6-1-2-7-15-23/h3-5,8-13H,1-2,6-7,14-16H2,(H,22,24). The number of rotatable bonds is 4. The van der Waals surface area contributed by atoms with Crippen LogP contribution in [0, 0.1) is 0 Å². The summed E-state index contributed by atoms with van der Waals surface area (Å²) in [6.07, 6.45) is 4.55. The SMILES string of the molecule is O=C(NCc1ccccc1)c1ccc(C(=O)N2CCCCCC2)cc1. The fourth-order valence-corrected chi connectivity index (χ4v) is 3.10. The number of nitrogens with one attached hydrogen (secondary N) is 1. The Kier molecular flexibility index (Phi) is 5.83. The summed E-state index contributed by atoms with van der Waals surface area (Å²) >= 11 is 0. The Morgan fingerprint density at radius 2 is 1.40 bits per heavy atom. The van der Waals surface area contributed by atoms with E-state index < -0.39 is 0 Å². The predicted molar refractivity (Wildman–Crippen MR) is 98.4 cm³/mol. The molecule has 2 amide bonds. The van der Waals surface area contributed by atoms with Gasteiger partial charge in [0.2, 0.25) is 0 Å². The van der Waals surface area contributed by atoms with Crippen LogP contribution in [0.15, 0.2) is 54.6 Å². The third-order valence-corrected chi connectivity index (χ3v) is 4.58. The average Bonchev–Trinajstić information content (AvgIpc) is 2.96. The Balaban J connectivity index is 1.59. The number of nitrogens with zero attached hydrogens (tertiary/aromatic N) is 1. The third-order valence-electron chi connectivity index (χ3n) is 4.58. The van der Waals surface area contributed by atoms with E-state index in [1.807, 2.05) is 35.2 Å². The zero-order chi connectivity index (χ0) is 17.5. The molecule has 0 spiro atoms. The molecule has 2 aromatic rings. The summed E-state index contributed by atoms with van der Waals surface area (Å²) in [5.41, 5.74) is 2.29. The maximum atomic E-state index is 12.6. The zero-order valence-electron chi connectivity index (χ0n) is 14.4. The van der Waals surface area contributed by atoms with Gasteiger partial charge in [-0.3, -0.25) is 9.59 Å². The van der Waals surface area contributed by atoms with Crippen molar-refractivity contribution in [2.24, 2.45) is 0 Å². The molecule has 1 aliphatic heterocycles. The molecule has 2 aromatic carbocycles. The van der Waals surface area contributed by atoms with Gasteiger partial charge in [-0.25, -0.2) is 0 Å². The first-order valence-corrected chi connectivity index (χ1v) is 8.95. The lowest BCUT2D eigenvalue weighted by molar-refractivity contribution is 0.0761. The van der Waals surface area contributed by atoms with Crippen molar-refractivity contribution in [1.29, 1.82) is 0 Å². The lowest BCUT2D eigenvalue weighted by atomic mass is 10.1. The molecule has 0 atom stereocenters. The van der Waals surface area contributed by atoms with Gasteiger partial charge >= 0.3 is 0 Å². The summed E-state index contributed by atoms with van der Waals surface area (Å²) in [6.45, 7) is 2.16. The number of amides is 2. The molecule has 1 heterocycles. The van der Waals surface area contributed by atoms with Crippen LogP contribution in [-0.4, -0.2) is 29.8 Å². The van der Waals surface area contributed by atoms with Gasteiger partial charge < -0.3 is 10.2 Å². The van der Waals surface area contributed by atoms with E-state index in [0.717, 1.165) is 31.5 Å². The van der Waals surface area contributed by atoms with E-state index in [1.54, 1.807) is 24.3 Å². The molecule has 1 aliphatic rings. The number of likely N-dealkylation sites (tertiary alicyclic amines) is 1.